The average molecular weight is 350 g/mol. The van der Waals surface area contributed by atoms with Crippen molar-refractivity contribution in [1.82, 2.24) is 14.9 Å². The minimum Gasteiger partial charge on any atom is -0.495 e. The van der Waals surface area contributed by atoms with E-state index in [1.807, 2.05) is 19.1 Å². The summed E-state index contributed by atoms with van der Waals surface area (Å²) in [5.74, 6) is 1.98. The molecule has 0 aliphatic rings. The molecule has 7 heteroatoms. The van der Waals surface area contributed by atoms with Gasteiger partial charge in [0.1, 0.15) is 11.6 Å². The molecular formula is C17H24ClN5O. The molecule has 0 atom stereocenters. The van der Waals surface area contributed by atoms with Crippen LogP contribution in [0.15, 0.2) is 24.3 Å². The SMILES string of the molecule is COc1ccc(Nc2nc(C)cc(NCCCN(C)C)n2)cc1Cl. The van der Waals surface area contributed by atoms with Crippen molar-refractivity contribution in [3.8, 4) is 5.75 Å². The Balaban J connectivity index is 2.03. The lowest BCUT2D eigenvalue weighted by Gasteiger charge is -2.12. The van der Waals surface area contributed by atoms with Gasteiger partial charge in [0.05, 0.1) is 12.1 Å². The lowest BCUT2D eigenvalue weighted by atomic mass is 10.3. The second-order valence-electron chi connectivity index (χ2n) is 5.78. The van der Waals surface area contributed by atoms with Gasteiger partial charge in [0.15, 0.2) is 0 Å². The lowest BCUT2D eigenvalue weighted by molar-refractivity contribution is 0.405. The molecule has 1 heterocycles. The van der Waals surface area contributed by atoms with E-state index < -0.39 is 0 Å². The van der Waals surface area contributed by atoms with Crippen LogP contribution in [0.4, 0.5) is 17.5 Å². The summed E-state index contributed by atoms with van der Waals surface area (Å²) >= 11 is 6.15. The van der Waals surface area contributed by atoms with Crippen LogP contribution in [0.3, 0.4) is 0 Å². The Kier molecular flexibility index (Phi) is 6.63. The van der Waals surface area contributed by atoms with Crippen LogP contribution in [-0.2, 0) is 0 Å². The normalized spacial score (nSPS) is 10.8. The van der Waals surface area contributed by atoms with Crippen molar-refractivity contribution in [1.29, 1.82) is 0 Å². The molecule has 0 aliphatic carbocycles. The number of anilines is 3. The molecule has 2 rings (SSSR count). The summed E-state index contributed by atoms with van der Waals surface area (Å²) in [6.07, 6.45) is 1.05. The monoisotopic (exact) mass is 349 g/mol. The zero-order valence-electron chi connectivity index (χ0n) is 14.6. The maximum Gasteiger partial charge on any atom is 0.229 e. The summed E-state index contributed by atoms with van der Waals surface area (Å²) in [7, 11) is 5.72. The fourth-order valence-corrected chi connectivity index (χ4v) is 2.46. The second-order valence-corrected chi connectivity index (χ2v) is 6.18. The summed E-state index contributed by atoms with van der Waals surface area (Å²) in [4.78, 5) is 11.1. The molecule has 0 bridgehead atoms. The standard InChI is InChI=1S/C17H24ClN5O/c1-12-10-16(19-8-5-9-23(2)3)22-17(20-12)21-13-6-7-15(24-4)14(18)11-13/h6-7,10-11H,5,8-9H2,1-4H3,(H2,19,20,21,22). The molecule has 0 saturated carbocycles. The molecule has 24 heavy (non-hydrogen) atoms. The fraction of sp³-hybridized carbons (Fsp3) is 0.412. The molecule has 2 aromatic rings. The number of aryl methyl sites for hydroxylation is 1. The van der Waals surface area contributed by atoms with Crippen molar-refractivity contribution < 1.29 is 4.74 Å². The van der Waals surface area contributed by atoms with Gasteiger partial charge in [-0.1, -0.05) is 11.6 Å². The second kappa shape index (κ2) is 8.70. The Bertz CT molecular complexity index is 678. The van der Waals surface area contributed by atoms with Crippen molar-refractivity contribution >= 4 is 29.1 Å². The first kappa shape index (κ1) is 18.3. The van der Waals surface area contributed by atoms with Gasteiger partial charge < -0.3 is 20.3 Å². The van der Waals surface area contributed by atoms with Crippen LogP contribution in [0.2, 0.25) is 5.02 Å². The first-order valence-electron chi connectivity index (χ1n) is 7.83. The van der Waals surface area contributed by atoms with Crippen molar-refractivity contribution in [2.45, 2.75) is 13.3 Å². The zero-order valence-corrected chi connectivity index (χ0v) is 15.3. The predicted molar refractivity (Wildman–Crippen MR) is 99.7 cm³/mol. The highest BCUT2D eigenvalue weighted by Gasteiger charge is 2.06. The number of hydrogen-bond acceptors (Lipinski definition) is 6. The third-order valence-corrected chi connectivity index (χ3v) is 3.65. The summed E-state index contributed by atoms with van der Waals surface area (Å²) in [6, 6.07) is 7.40. The number of rotatable bonds is 8. The average Bonchev–Trinajstić information content (AvgIpc) is 2.51. The Labute approximate surface area is 148 Å². The number of benzene rings is 1. The number of aromatic nitrogens is 2. The van der Waals surface area contributed by atoms with Gasteiger partial charge in [-0.3, -0.25) is 0 Å². The Morgan fingerprint density at radius 3 is 2.67 bits per heavy atom. The molecule has 0 amide bonds. The Morgan fingerprint density at radius 2 is 2.00 bits per heavy atom. The van der Waals surface area contributed by atoms with Gasteiger partial charge in [-0.05, 0) is 52.2 Å². The van der Waals surface area contributed by atoms with Crippen LogP contribution in [0.1, 0.15) is 12.1 Å². The molecule has 1 aromatic carbocycles. The van der Waals surface area contributed by atoms with Gasteiger partial charge in [0.25, 0.3) is 0 Å². The van der Waals surface area contributed by atoms with Crippen LogP contribution >= 0.6 is 11.6 Å². The van der Waals surface area contributed by atoms with Crippen molar-refractivity contribution in [2.24, 2.45) is 0 Å². The number of nitrogens with one attached hydrogen (secondary N) is 2. The lowest BCUT2D eigenvalue weighted by Crippen LogP contribution is -2.16. The highest BCUT2D eigenvalue weighted by Crippen LogP contribution is 2.28. The molecule has 2 N–H and O–H groups in total. The van der Waals surface area contributed by atoms with E-state index in [1.165, 1.54) is 0 Å². The third kappa shape index (κ3) is 5.54. The fourth-order valence-electron chi connectivity index (χ4n) is 2.20. The van der Waals surface area contributed by atoms with Crippen LogP contribution in [0.25, 0.3) is 0 Å². The first-order chi connectivity index (χ1) is 11.5. The van der Waals surface area contributed by atoms with Crippen molar-refractivity contribution in [3.05, 3.63) is 35.0 Å². The predicted octanol–water partition coefficient (Wildman–Crippen LogP) is 3.55. The van der Waals surface area contributed by atoms with E-state index >= 15 is 0 Å². The molecule has 0 unspecified atom stereocenters. The van der Waals surface area contributed by atoms with E-state index in [0.717, 1.165) is 36.7 Å². The van der Waals surface area contributed by atoms with Gasteiger partial charge in [-0.2, -0.15) is 4.98 Å². The van der Waals surface area contributed by atoms with Crippen LogP contribution in [-0.4, -0.2) is 49.2 Å². The molecular weight excluding hydrogens is 326 g/mol. The largest absolute Gasteiger partial charge is 0.495 e. The van der Waals surface area contributed by atoms with E-state index in [1.54, 1.807) is 19.2 Å². The maximum atomic E-state index is 6.15. The zero-order chi connectivity index (χ0) is 17.5. The van der Waals surface area contributed by atoms with Gasteiger partial charge >= 0.3 is 0 Å². The van der Waals surface area contributed by atoms with Crippen LogP contribution in [0, 0.1) is 6.92 Å². The van der Waals surface area contributed by atoms with Crippen molar-refractivity contribution in [2.75, 3.05) is 44.9 Å². The van der Waals surface area contributed by atoms with E-state index in [9.17, 15) is 0 Å². The highest BCUT2D eigenvalue weighted by molar-refractivity contribution is 6.32. The van der Waals surface area contributed by atoms with Gasteiger partial charge in [-0.15, -0.1) is 0 Å². The third-order valence-electron chi connectivity index (χ3n) is 3.35. The van der Waals surface area contributed by atoms with E-state index in [-0.39, 0.29) is 0 Å². The number of ether oxygens (including phenoxy) is 1. The van der Waals surface area contributed by atoms with Gasteiger partial charge in [0.2, 0.25) is 5.95 Å². The number of halogens is 1. The smallest absolute Gasteiger partial charge is 0.229 e. The molecule has 6 nitrogen and oxygen atoms in total. The molecule has 130 valence electrons. The Morgan fingerprint density at radius 1 is 1.21 bits per heavy atom. The van der Waals surface area contributed by atoms with E-state index in [2.05, 4.69) is 39.6 Å². The molecule has 0 aliphatic heterocycles. The van der Waals surface area contributed by atoms with Gasteiger partial charge in [-0.25, -0.2) is 4.98 Å². The molecule has 0 radical (unpaired) electrons. The maximum absolute atomic E-state index is 6.15. The van der Waals surface area contributed by atoms with Gasteiger partial charge in [0, 0.05) is 24.0 Å². The minimum atomic E-state index is 0.534. The topological polar surface area (TPSA) is 62.3 Å². The van der Waals surface area contributed by atoms with Crippen molar-refractivity contribution in [3.63, 3.8) is 0 Å². The number of nitrogens with zero attached hydrogens (tertiary/aromatic N) is 3. The molecule has 0 saturated heterocycles. The van der Waals surface area contributed by atoms with E-state index in [0.29, 0.717) is 16.7 Å². The summed E-state index contributed by atoms with van der Waals surface area (Å²) in [5, 5.41) is 7.05. The first-order valence-corrected chi connectivity index (χ1v) is 8.20. The summed E-state index contributed by atoms with van der Waals surface area (Å²) in [6.45, 7) is 3.84. The minimum absolute atomic E-state index is 0.534. The number of methoxy groups -OCH3 is 1. The van der Waals surface area contributed by atoms with Crippen LogP contribution < -0.4 is 15.4 Å². The van der Waals surface area contributed by atoms with Crippen LogP contribution in [0.5, 0.6) is 5.75 Å². The highest BCUT2D eigenvalue weighted by atomic mass is 35.5. The Hall–Kier alpha value is -2.05. The molecule has 0 fully saturated rings. The summed E-state index contributed by atoms with van der Waals surface area (Å²) in [5.41, 5.74) is 1.70. The molecule has 1 aromatic heterocycles. The molecule has 0 spiro atoms. The quantitative estimate of drug-likeness (QED) is 0.710. The summed E-state index contributed by atoms with van der Waals surface area (Å²) < 4.78 is 5.16. The van der Waals surface area contributed by atoms with E-state index in [4.69, 9.17) is 16.3 Å². The number of hydrogen-bond donors (Lipinski definition) is 2.